The molecule has 10 heteroatoms. The van der Waals surface area contributed by atoms with Gasteiger partial charge >= 0.3 is 0 Å². The number of aromatic nitrogens is 7. The van der Waals surface area contributed by atoms with Gasteiger partial charge in [-0.15, -0.1) is 5.10 Å². The second-order valence-electron chi connectivity index (χ2n) is 8.21. The molecule has 152 valence electrons. The Morgan fingerprint density at radius 1 is 1.23 bits per heavy atom. The van der Waals surface area contributed by atoms with E-state index in [1.54, 1.807) is 7.05 Å². The van der Waals surface area contributed by atoms with E-state index in [2.05, 4.69) is 61.5 Å². The average molecular weight is 404 g/mol. The van der Waals surface area contributed by atoms with Crippen molar-refractivity contribution in [1.29, 1.82) is 0 Å². The van der Waals surface area contributed by atoms with Gasteiger partial charge in [0.1, 0.15) is 12.9 Å². The lowest BCUT2D eigenvalue weighted by Crippen LogP contribution is -2.24. The molecule has 0 amide bonds. The lowest BCUT2D eigenvalue weighted by Gasteiger charge is -2.21. The van der Waals surface area contributed by atoms with Crippen LogP contribution >= 0.6 is 0 Å². The van der Waals surface area contributed by atoms with Crippen molar-refractivity contribution in [2.24, 2.45) is 18.9 Å². The van der Waals surface area contributed by atoms with Gasteiger partial charge in [-0.3, -0.25) is 9.36 Å². The number of anilines is 1. The van der Waals surface area contributed by atoms with Gasteiger partial charge in [0, 0.05) is 31.7 Å². The number of hydrogen-bond donors (Lipinski definition) is 0. The Morgan fingerprint density at radius 3 is 2.87 bits per heavy atom. The highest BCUT2D eigenvalue weighted by molar-refractivity contribution is 5.67. The van der Waals surface area contributed by atoms with Gasteiger partial charge in [0.25, 0.3) is 5.56 Å². The molecule has 1 aliphatic heterocycles. The van der Waals surface area contributed by atoms with E-state index in [9.17, 15) is 4.79 Å². The third-order valence-corrected chi connectivity index (χ3v) is 6.24. The van der Waals surface area contributed by atoms with Crippen molar-refractivity contribution in [3.05, 3.63) is 58.2 Å². The molecule has 1 saturated carbocycles. The fourth-order valence-electron chi connectivity index (χ4n) is 4.65. The van der Waals surface area contributed by atoms with Gasteiger partial charge in [0.05, 0.1) is 0 Å². The Balaban J connectivity index is 1.17. The molecule has 0 N–H and O–H groups in total. The Labute approximate surface area is 171 Å². The zero-order valence-electron chi connectivity index (χ0n) is 16.6. The maximum Gasteiger partial charge on any atom is 0.281 e. The van der Waals surface area contributed by atoms with Crippen LogP contribution in [0.4, 0.5) is 5.69 Å². The number of aryl methyl sites for hydroxylation is 2. The summed E-state index contributed by atoms with van der Waals surface area (Å²) < 4.78 is 8.30. The summed E-state index contributed by atoms with van der Waals surface area (Å²) in [6, 6.07) is 8.62. The quantitative estimate of drug-likeness (QED) is 0.498. The van der Waals surface area contributed by atoms with Crippen molar-refractivity contribution in [3.63, 3.8) is 0 Å². The SMILES string of the molecule is Cc1cccc(N2C[C@@H]3C(c4noc(Cn5cnc6nnn(C)c6c5=O)n4)[C@@H]3C2)c1. The van der Waals surface area contributed by atoms with Gasteiger partial charge < -0.3 is 9.42 Å². The molecule has 10 nitrogen and oxygen atoms in total. The summed E-state index contributed by atoms with van der Waals surface area (Å²) >= 11 is 0. The molecule has 4 heterocycles. The van der Waals surface area contributed by atoms with Crippen molar-refractivity contribution in [2.45, 2.75) is 19.4 Å². The number of fused-ring (bicyclic) bond motifs is 2. The van der Waals surface area contributed by atoms with Crippen LogP contribution in [0, 0.1) is 18.8 Å². The predicted octanol–water partition coefficient (Wildman–Crippen LogP) is 1.11. The molecule has 0 radical (unpaired) electrons. The van der Waals surface area contributed by atoms with Crippen molar-refractivity contribution in [2.75, 3.05) is 18.0 Å². The molecule has 1 aliphatic carbocycles. The molecule has 0 spiro atoms. The molecule has 1 unspecified atom stereocenters. The van der Waals surface area contributed by atoms with Gasteiger partial charge in [0.15, 0.2) is 11.3 Å². The van der Waals surface area contributed by atoms with E-state index < -0.39 is 0 Å². The summed E-state index contributed by atoms with van der Waals surface area (Å²) in [5, 5.41) is 11.9. The highest BCUT2D eigenvalue weighted by Gasteiger charge is 2.58. The molecule has 1 saturated heterocycles. The number of hydrogen-bond acceptors (Lipinski definition) is 8. The van der Waals surface area contributed by atoms with E-state index in [4.69, 9.17) is 4.52 Å². The lowest BCUT2D eigenvalue weighted by molar-refractivity contribution is 0.363. The summed E-state index contributed by atoms with van der Waals surface area (Å²) in [5.41, 5.74) is 3.00. The van der Waals surface area contributed by atoms with Crippen LogP contribution in [0.2, 0.25) is 0 Å². The topological polar surface area (TPSA) is 108 Å². The highest BCUT2D eigenvalue weighted by Crippen LogP contribution is 2.57. The standard InChI is InChI=1S/C20H20N8O2/c1-11-4-3-5-12(6-11)27-7-13-14(8-27)16(13)18-22-15(30-24-18)9-28-10-21-19-17(20(28)29)26(2)25-23-19/h3-6,10,13-14,16H,7-9H2,1-2H3/t13-,14+,16?. The van der Waals surface area contributed by atoms with Crippen LogP contribution in [-0.2, 0) is 13.6 Å². The maximum absolute atomic E-state index is 12.6. The summed E-state index contributed by atoms with van der Waals surface area (Å²) in [7, 11) is 1.67. The number of piperidine rings is 1. The molecule has 6 rings (SSSR count). The van der Waals surface area contributed by atoms with Crippen LogP contribution in [-0.4, -0.2) is 47.8 Å². The van der Waals surface area contributed by atoms with Crippen LogP contribution in [0.1, 0.15) is 23.2 Å². The normalized spacial score (nSPS) is 22.6. The number of benzene rings is 1. The number of rotatable bonds is 4. The molecule has 2 fully saturated rings. The third kappa shape index (κ3) is 2.63. The first-order chi connectivity index (χ1) is 14.6. The molecular weight excluding hydrogens is 384 g/mol. The van der Waals surface area contributed by atoms with E-state index in [1.807, 2.05) is 0 Å². The van der Waals surface area contributed by atoms with E-state index in [1.165, 1.54) is 26.8 Å². The largest absolute Gasteiger partial charge is 0.371 e. The third-order valence-electron chi connectivity index (χ3n) is 6.24. The molecule has 1 aromatic carbocycles. The molecule has 2 aliphatic rings. The Morgan fingerprint density at radius 2 is 2.07 bits per heavy atom. The number of nitrogens with zero attached hydrogens (tertiary/aromatic N) is 8. The Kier molecular flexibility index (Phi) is 3.59. The summed E-state index contributed by atoms with van der Waals surface area (Å²) in [6.45, 7) is 4.32. The van der Waals surface area contributed by atoms with Crippen molar-refractivity contribution in [3.8, 4) is 0 Å². The minimum Gasteiger partial charge on any atom is -0.371 e. The van der Waals surface area contributed by atoms with E-state index in [0.29, 0.717) is 34.8 Å². The minimum absolute atomic E-state index is 0.178. The van der Waals surface area contributed by atoms with Crippen LogP contribution in [0.3, 0.4) is 0 Å². The first-order valence-corrected chi connectivity index (χ1v) is 9.97. The van der Waals surface area contributed by atoms with E-state index >= 15 is 0 Å². The molecule has 4 aromatic rings. The molecule has 0 bridgehead atoms. The Hall–Kier alpha value is -3.56. The van der Waals surface area contributed by atoms with Crippen molar-refractivity contribution >= 4 is 16.9 Å². The second-order valence-corrected chi connectivity index (χ2v) is 8.21. The van der Waals surface area contributed by atoms with Crippen LogP contribution in [0.5, 0.6) is 0 Å². The van der Waals surface area contributed by atoms with Crippen molar-refractivity contribution < 1.29 is 4.52 Å². The molecule has 3 aromatic heterocycles. The minimum atomic E-state index is -0.232. The highest BCUT2D eigenvalue weighted by atomic mass is 16.5. The lowest BCUT2D eigenvalue weighted by atomic mass is 10.2. The van der Waals surface area contributed by atoms with Crippen LogP contribution in [0.15, 0.2) is 39.9 Å². The Bertz CT molecular complexity index is 1310. The van der Waals surface area contributed by atoms with Crippen LogP contribution < -0.4 is 10.5 Å². The monoisotopic (exact) mass is 404 g/mol. The fraction of sp³-hybridized carbons (Fsp3) is 0.400. The zero-order chi connectivity index (χ0) is 20.4. The first-order valence-electron chi connectivity index (χ1n) is 9.97. The average Bonchev–Trinajstić information content (AvgIpc) is 3.16. The van der Waals surface area contributed by atoms with Gasteiger partial charge in [-0.25, -0.2) is 9.67 Å². The fourth-order valence-corrected chi connectivity index (χ4v) is 4.65. The smallest absolute Gasteiger partial charge is 0.281 e. The van der Waals surface area contributed by atoms with Gasteiger partial charge in [-0.2, -0.15) is 4.98 Å². The van der Waals surface area contributed by atoms with E-state index in [0.717, 1.165) is 18.9 Å². The predicted molar refractivity (Wildman–Crippen MR) is 107 cm³/mol. The summed E-state index contributed by atoms with van der Waals surface area (Å²) in [5.74, 6) is 2.59. The zero-order valence-corrected chi connectivity index (χ0v) is 16.6. The molecule has 3 atom stereocenters. The van der Waals surface area contributed by atoms with Gasteiger partial charge in [-0.1, -0.05) is 22.5 Å². The van der Waals surface area contributed by atoms with Crippen LogP contribution in [0.25, 0.3) is 11.2 Å². The first kappa shape index (κ1) is 17.3. The summed E-state index contributed by atoms with van der Waals surface area (Å²) in [6.07, 6.45) is 1.44. The van der Waals surface area contributed by atoms with Gasteiger partial charge in [-0.05, 0) is 36.5 Å². The van der Waals surface area contributed by atoms with E-state index in [-0.39, 0.29) is 12.1 Å². The van der Waals surface area contributed by atoms with Gasteiger partial charge in [0.2, 0.25) is 11.5 Å². The maximum atomic E-state index is 12.6. The molecule has 30 heavy (non-hydrogen) atoms. The van der Waals surface area contributed by atoms with Crippen molar-refractivity contribution in [1.82, 2.24) is 34.7 Å². The summed E-state index contributed by atoms with van der Waals surface area (Å²) in [4.78, 5) is 23.8. The second kappa shape index (κ2) is 6.22. The molecular formula is C20H20N8O2.